The second-order valence-electron chi connectivity index (χ2n) is 8.13. The van der Waals surface area contributed by atoms with Crippen molar-refractivity contribution in [2.24, 2.45) is 0 Å². The average Bonchev–Trinajstić information content (AvgIpc) is 3.08. The zero-order valence-corrected chi connectivity index (χ0v) is 18.6. The minimum absolute atomic E-state index is 0.0738. The van der Waals surface area contributed by atoms with Gasteiger partial charge in [-0.3, -0.25) is 9.59 Å². The topological polar surface area (TPSA) is 86.8 Å². The van der Waals surface area contributed by atoms with Gasteiger partial charge in [-0.05, 0) is 61.4 Å². The van der Waals surface area contributed by atoms with Gasteiger partial charge in [0.15, 0.2) is 9.84 Å². The predicted molar refractivity (Wildman–Crippen MR) is 120 cm³/mol. The molecule has 32 heavy (non-hydrogen) atoms. The number of carbonyl (C=O) groups excluding carboxylic acids is 2. The largest absolute Gasteiger partial charge is 0.371 e. The van der Waals surface area contributed by atoms with E-state index >= 15 is 0 Å². The number of amides is 2. The summed E-state index contributed by atoms with van der Waals surface area (Å²) in [6.45, 7) is 3.14. The Morgan fingerprint density at radius 1 is 0.969 bits per heavy atom. The Hall–Kier alpha value is -2.78. The lowest BCUT2D eigenvalue weighted by Crippen LogP contribution is -2.48. The van der Waals surface area contributed by atoms with Crippen LogP contribution < -0.4 is 15.1 Å². The van der Waals surface area contributed by atoms with Crippen molar-refractivity contribution in [1.82, 2.24) is 5.32 Å². The second-order valence-corrected chi connectivity index (χ2v) is 10.4. The van der Waals surface area contributed by atoms with Crippen LogP contribution in [0.4, 0.5) is 15.8 Å². The van der Waals surface area contributed by atoms with Crippen LogP contribution in [0.3, 0.4) is 0 Å². The molecule has 0 aromatic heterocycles. The molecular formula is C23H26FN3O4S. The molecule has 2 aliphatic rings. The van der Waals surface area contributed by atoms with Crippen LogP contribution in [0, 0.1) is 5.82 Å². The summed E-state index contributed by atoms with van der Waals surface area (Å²) in [4.78, 5) is 28.8. The van der Waals surface area contributed by atoms with E-state index in [2.05, 4.69) is 10.2 Å². The molecule has 0 saturated carbocycles. The lowest BCUT2D eigenvalue weighted by Gasteiger charge is -2.35. The molecule has 0 aliphatic carbocycles. The first-order valence-electron chi connectivity index (χ1n) is 10.7. The molecule has 2 fully saturated rings. The fourth-order valence-corrected chi connectivity index (χ4v) is 5.13. The SMILES string of the molecule is CCS(=O)(=O)c1ccc(N2CCC(NC3CC(=O)N(c4ccc(F)cc4)C3=O)CC2)cc1. The molecule has 2 saturated heterocycles. The molecule has 170 valence electrons. The fraction of sp³-hybridized carbons (Fsp3) is 0.391. The van der Waals surface area contributed by atoms with E-state index in [0.717, 1.165) is 36.5 Å². The molecule has 2 aliphatic heterocycles. The van der Waals surface area contributed by atoms with E-state index in [1.807, 2.05) is 12.1 Å². The van der Waals surface area contributed by atoms with Gasteiger partial charge in [0.1, 0.15) is 5.82 Å². The summed E-state index contributed by atoms with van der Waals surface area (Å²) >= 11 is 0. The summed E-state index contributed by atoms with van der Waals surface area (Å²) in [6, 6.07) is 11.8. The minimum atomic E-state index is -3.21. The van der Waals surface area contributed by atoms with Crippen LogP contribution >= 0.6 is 0 Å². The van der Waals surface area contributed by atoms with Crippen LogP contribution in [-0.4, -0.2) is 51.2 Å². The Morgan fingerprint density at radius 2 is 1.56 bits per heavy atom. The highest BCUT2D eigenvalue weighted by Gasteiger charge is 2.40. The Balaban J connectivity index is 1.34. The number of rotatable bonds is 6. The first-order valence-corrected chi connectivity index (χ1v) is 12.4. The average molecular weight is 460 g/mol. The molecule has 9 heteroatoms. The van der Waals surface area contributed by atoms with Crippen molar-refractivity contribution in [2.45, 2.75) is 43.2 Å². The molecule has 1 atom stereocenters. The zero-order valence-electron chi connectivity index (χ0n) is 17.8. The minimum Gasteiger partial charge on any atom is -0.371 e. The Morgan fingerprint density at radius 3 is 2.16 bits per heavy atom. The molecule has 0 radical (unpaired) electrons. The highest BCUT2D eigenvalue weighted by atomic mass is 32.2. The van der Waals surface area contributed by atoms with E-state index in [-0.39, 0.29) is 30.0 Å². The summed E-state index contributed by atoms with van der Waals surface area (Å²) in [5, 5.41) is 3.33. The normalized spacial score (nSPS) is 20.2. The van der Waals surface area contributed by atoms with Gasteiger partial charge in [-0.1, -0.05) is 6.92 Å². The smallest absolute Gasteiger partial charge is 0.251 e. The second kappa shape index (κ2) is 8.99. The maximum absolute atomic E-state index is 13.2. The molecule has 2 aromatic rings. The van der Waals surface area contributed by atoms with Crippen molar-refractivity contribution in [1.29, 1.82) is 0 Å². The Kier molecular flexibility index (Phi) is 6.30. The summed E-state index contributed by atoms with van der Waals surface area (Å²) in [5.74, 6) is -0.948. The summed E-state index contributed by atoms with van der Waals surface area (Å²) < 4.78 is 37.1. The van der Waals surface area contributed by atoms with Crippen LogP contribution in [0.25, 0.3) is 0 Å². The number of sulfone groups is 1. The van der Waals surface area contributed by atoms with E-state index < -0.39 is 21.7 Å². The number of imide groups is 1. The van der Waals surface area contributed by atoms with Crippen molar-refractivity contribution in [3.63, 3.8) is 0 Å². The number of hydrogen-bond acceptors (Lipinski definition) is 6. The van der Waals surface area contributed by atoms with Gasteiger partial charge in [-0.2, -0.15) is 0 Å². The van der Waals surface area contributed by atoms with E-state index in [4.69, 9.17) is 0 Å². The molecular weight excluding hydrogens is 433 g/mol. The number of anilines is 2. The quantitative estimate of drug-likeness (QED) is 0.668. The van der Waals surface area contributed by atoms with Gasteiger partial charge in [0.2, 0.25) is 5.91 Å². The molecule has 7 nitrogen and oxygen atoms in total. The van der Waals surface area contributed by atoms with Crippen molar-refractivity contribution in [2.75, 3.05) is 28.6 Å². The maximum atomic E-state index is 13.2. The van der Waals surface area contributed by atoms with E-state index in [1.54, 1.807) is 19.1 Å². The number of halogens is 1. The molecule has 0 spiro atoms. The van der Waals surface area contributed by atoms with Crippen molar-refractivity contribution in [3.05, 3.63) is 54.3 Å². The van der Waals surface area contributed by atoms with E-state index in [1.165, 1.54) is 24.3 Å². The molecule has 1 unspecified atom stereocenters. The van der Waals surface area contributed by atoms with Gasteiger partial charge < -0.3 is 10.2 Å². The third-order valence-electron chi connectivity index (χ3n) is 6.10. The molecule has 1 N–H and O–H groups in total. The van der Waals surface area contributed by atoms with E-state index in [0.29, 0.717) is 10.6 Å². The highest BCUT2D eigenvalue weighted by Crippen LogP contribution is 2.26. The maximum Gasteiger partial charge on any atom is 0.251 e. The van der Waals surface area contributed by atoms with Crippen molar-refractivity contribution in [3.8, 4) is 0 Å². The molecule has 2 amide bonds. The molecule has 2 heterocycles. The lowest BCUT2D eigenvalue weighted by atomic mass is 10.0. The van der Waals surface area contributed by atoms with Gasteiger partial charge in [-0.15, -0.1) is 0 Å². The first kappa shape index (κ1) is 22.4. The monoisotopic (exact) mass is 459 g/mol. The summed E-state index contributed by atoms with van der Waals surface area (Å²) in [7, 11) is -3.21. The van der Waals surface area contributed by atoms with Crippen LogP contribution in [0.2, 0.25) is 0 Å². The number of benzene rings is 2. The van der Waals surface area contributed by atoms with Crippen LogP contribution in [0.15, 0.2) is 53.4 Å². The van der Waals surface area contributed by atoms with Gasteiger partial charge in [0.25, 0.3) is 5.91 Å². The van der Waals surface area contributed by atoms with Crippen LogP contribution in [-0.2, 0) is 19.4 Å². The summed E-state index contributed by atoms with van der Waals surface area (Å²) in [6.07, 6.45) is 1.68. The molecule has 0 bridgehead atoms. The van der Waals surface area contributed by atoms with Gasteiger partial charge in [0, 0.05) is 24.8 Å². The Labute approximate surface area is 187 Å². The van der Waals surface area contributed by atoms with Crippen molar-refractivity contribution < 1.29 is 22.4 Å². The number of nitrogens with zero attached hydrogens (tertiary/aromatic N) is 2. The molecule has 4 rings (SSSR count). The standard InChI is InChI=1S/C23H26FN3O4S/c1-2-32(30,31)20-9-7-18(8-10-20)26-13-11-17(12-14-26)25-21-15-22(28)27(23(21)29)19-5-3-16(24)4-6-19/h3-10,17,21,25H,2,11-15H2,1H3. The van der Waals surface area contributed by atoms with Crippen molar-refractivity contribution >= 4 is 33.0 Å². The third-order valence-corrected chi connectivity index (χ3v) is 7.85. The Bertz CT molecular complexity index is 1100. The number of hydrogen-bond donors (Lipinski definition) is 1. The molecule has 2 aromatic carbocycles. The fourth-order valence-electron chi connectivity index (χ4n) is 4.24. The van der Waals surface area contributed by atoms with E-state index in [9.17, 15) is 22.4 Å². The number of carbonyl (C=O) groups is 2. The van der Waals surface area contributed by atoms with Gasteiger partial charge in [-0.25, -0.2) is 17.7 Å². The van der Waals surface area contributed by atoms with Crippen LogP contribution in [0.1, 0.15) is 26.2 Å². The van der Waals surface area contributed by atoms with Gasteiger partial charge >= 0.3 is 0 Å². The number of piperidine rings is 1. The highest BCUT2D eigenvalue weighted by molar-refractivity contribution is 7.91. The van der Waals surface area contributed by atoms with Gasteiger partial charge in [0.05, 0.1) is 28.8 Å². The predicted octanol–water partition coefficient (Wildman–Crippen LogP) is 2.51. The first-order chi connectivity index (χ1) is 15.3. The summed E-state index contributed by atoms with van der Waals surface area (Å²) in [5.41, 5.74) is 1.35. The zero-order chi connectivity index (χ0) is 22.9. The van der Waals surface area contributed by atoms with Crippen LogP contribution in [0.5, 0.6) is 0 Å². The number of nitrogens with one attached hydrogen (secondary N) is 1. The third kappa shape index (κ3) is 4.54. The lowest BCUT2D eigenvalue weighted by molar-refractivity contribution is -0.121.